The number of nitrogens with zero attached hydrogens (tertiary/aromatic N) is 1. The highest BCUT2D eigenvalue weighted by Crippen LogP contribution is 2.23. The van der Waals surface area contributed by atoms with Crippen LogP contribution in [0.4, 0.5) is 0 Å². The molecule has 1 aliphatic rings. The van der Waals surface area contributed by atoms with Crippen molar-refractivity contribution in [1.29, 1.82) is 0 Å². The summed E-state index contributed by atoms with van der Waals surface area (Å²) in [4.78, 5) is 14.5. The average Bonchev–Trinajstić information content (AvgIpc) is 3.00. The van der Waals surface area contributed by atoms with Gasteiger partial charge in [0.2, 0.25) is 0 Å². The van der Waals surface area contributed by atoms with Crippen molar-refractivity contribution >= 4 is 43.3 Å². The van der Waals surface area contributed by atoms with Gasteiger partial charge in [0.1, 0.15) is 5.75 Å². The van der Waals surface area contributed by atoms with E-state index in [1.807, 2.05) is 31.2 Å². The van der Waals surface area contributed by atoms with Crippen LogP contribution < -0.4 is 4.74 Å². The van der Waals surface area contributed by atoms with Crippen LogP contribution in [0.15, 0.2) is 46.9 Å². The summed E-state index contributed by atoms with van der Waals surface area (Å²) in [5, 5.41) is 0.631. The molecule has 0 N–H and O–H groups in total. The van der Waals surface area contributed by atoms with Crippen molar-refractivity contribution in [2.75, 3.05) is 18.1 Å². The lowest BCUT2D eigenvalue weighted by Gasteiger charge is -2.28. The van der Waals surface area contributed by atoms with Crippen molar-refractivity contribution in [2.45, 2.75) is 25.9 Å². The Balaban J connectivity index is 1.75. The van der Waals surface area contributed by atoms with Crippen LogP contribution in [0.3, 0.4) is 0 Å². The third-order valence-corrected chi connectivity index (χ3v) is 7.37. The molecule has 0 unspecified atom stereocenters. The fourth-order valence-corrected chi connectivity index (χ4v) is 5.50. The molecule has 0 saturated carbocycles. The molecule has 0 radical (unpaired) electrons. The molecule has 28 heavy (non-hydrogen) atoms. The largest absolute Gasteiger partial charge is 0.484 e. The topological polar surface area (TPSA) is 63.7 Å². The molecule has 0 aromatic heterocycles. The molecule has 150 valence electrons. The van der Waals surface area contributed by atoms with E-state index in [2.05, 4.69) is 15.9 Å². The molecular formula is C20H21BrClNO4S. The number of hydrogen-bond acceptors (Lipinski definition) is 4. The number of sulfone groups is 1. The summed E-state index contributed by atoms with van der Waals surface area (Å²) >= 11 is 9.45. The van der Waals surface area contributed by atoms with Gasteiger partial charge in [0.25, 0.3) is 5.91 Å². The molecule has 1 aliphatic heterocycles. The SMILES string of the molecule is Cc1cc(OCC(=O)N(Cc2cccc(Br)c2)[C@@H]2CCS(=O)(=O)C2)ccc1Cl. The standard InChI is InChI=1S/C20H21BrClNO4S/c1-14-9-18(5-6-19(14)22)27-12-20(24)23(17-7-8-28(25,26)13-17)11-15-3-2-4-16(21)10-15/h2-6,9-10,17H,7-8,11-13H2,1H3/t17-/m1/s1. The summed E-state index contributed by atoms with van der Waals surface area (Å²) in [6, 6.07) is 12.5. The van der Waals surface area contributed by atoms with E-state index in [1.165, 1.54) is 0 Å². The van der Waals surface area contributed by atoms with E-state index in [0.29, 0.717) is 23.7 Å². The van der Waals surface area contributed by atoms with E-state index in [4.69, 9.17) is 16.3 Å². The first-order chi connectivity index (χ1) is 13.2. The highest BCUT2D eigenvalue weighted by Gasteiger charge is 2.34. The van der Waals surface area contributed by atoms with Crippen LogP contribution in [0.5, 0.6) is 5.75 Å². The molecule has 2 aromatic rings. The number of carbonyl (C=O) groups excluding carboxylic acids is 1. The van der Waals surface area contributed by atoms with Gasteiger partial charge < -0.3 is 9.64 Å². The maximum absolute atomic E-state index is 12.9. The summed E-state index contributed by atoms with van der Waals surface area (Å²) in [5.74, 6) is 0.413. The van der Waals surface area contributed by atoms with Crippen LogP contribution in [-0.2, 0) is 21.2 Å². The van der Waals surface area contributed by atoms with Gasteiger partial charge in [-0.3, -0.25) is 4.79 Å². The molecule has 0 bridgehead atoms. The Labute approximate surface area is 178 Å². The number of rotatable bonds is 6. The monoisotopic (exact) mass is 485 g/mol. The first kappa shape index (κ1) is 21.1. The zero-order chi connectivity index (χ0) is 20.3. The molecule has 0 aliphatic carbocycles. The quantitative estimate of drug-likeness (QED) is 0.619. The van der Waals surface area contributed by atoms with Gasteiger partial charge in [-0.15, -0.1) is 0 Å². The first-order valence-electron chi connectivity index (χ1n) is 8.87. The minimum absolute atomic E-state index is 0.00715. The smallest absolute Gasteiger partial charge is 0.261 e. The number of ether oxygens (including phenoxy) is 1. The Hall–Kier alpha value is -1.57. The summed E-state index contributed by atoms with van der Waals surface area (Å²) in [5.41, 5.74) is 1.79. The number of halogens is 2. The normalized spacial score (nSPS) is 18.0. The van der Waals surface area contributed by atoms with Crippen LogP contribution in [-0.4, -0.2) is 43.4 Å². The molecule has 0 spiro atoms. The highest BCUT2D eigenvalue weighted by molar-refractivity contribution is 9.10. The average molecular weight is 487 g/mol. The fraction of sp³-hybridized carbons (Fsp3) is 0.350. The number of aryl methyl sites for hydroxylation is 1. The number of carbonyl (C=O) groups is 1. The third-order valence-electron chi connectivity index (χ3n) is 4.70. The Bertz CT molecular complexity index is 980. The van der Waals surface area contributed by atoms with Gasteiger partial charge in [0.15, 0.2) is 16.4 Å². The lowest BCUT2D eigenvalue weighted by molar-refractivity contribution is -0.136. The van der Waals surface area contributed by atoms with E-state index >= 15 is 0 Å². The van der Waals surface area contributed by atoms with Crippen LogP contribution in [0, 0.1) is 6.92 Å². The van der Waals surface area contributed by atoms with E-state index in [1.54, 1.807) is 23.1 Å². The van der Waals surface area contributed by atoms with Crippen LogP contribution in [0.2, 0.25) is 5.02 Å². The molecule has 1 saturated heterocycles. The second-order valence-electron chi connectivity index (χ2n) is 6.91. The molecular weight excluding hydrogens is 466 g/mol. The predicted molar refractivity (Wildman–Crippen MR) is 113 cm³/mol. The molecule has 1 heterocycles. The van der Waals surface area contributed by atoms with Crippen molar-refractivity contribution < 1.29 is 17.9 Å². The minimum Gasteiger partial charge on any atom is -0.484 e. The van der Waals surface area contributed by atoms with Gasteiger partial charge in [0, 0.05) is 22.1 Å². The van der Waals surface area contributed by atoms with Crippen molar-refractivity contribution in [2.24, 2.45) is 0 Å². The molecule has 1 atom stereocenters. The zero-order valence-corrected chi connectivity index (χ0v) is 18.6. The van der Waals surface area contributed by atoms with Gasteiger partial charge >= 0.3 is 0 Å². The summed E-state index contributed by atoms with van der Waals surface area (Å²) in [6.07, 6.45) is 0.447. The maximum Gasteiger partial charge on any atom is 0.261 e. The summed E-state index contributed by atoms with van der Waals surface area (Å²) < 4.78 is 30.4. The van der Waals surface area contributed by atoms with E-state index in [-0.39, 0.29) is 30.1 Å². The van der Waals surface area contributed by atoms with Crippen molar-refractivity contribution in [3.63, 3.8) is 0 Å². The van der Waals surface area contributed by atoms with E-state index < -0.39 is 9.84 Å². The van der Waals surface area contributed by atoms with Crippen LogP contribution in [0.25, 0.3) is 0 Å². The predicted octanol–water partition coefficient (Wildman–Crippen LogP) is 4.01. The van der Waals surface area contributed by atoms with Gasteiger partial charge in [-0.05, 0) is 54.8 Å². The lowest BCUT2D eigenvalue weighted by Crippen LogP contribution is -2.43. The van der Waals surface area contributed by atoms with Crippen molar-refractivity contribution in [3.8, 4) is 5.75 Å². The molecule has 8 heteroatoms. The number of benzene rings is 2. The minimum atomic E-state index is -3.11. The molecule has 3 rings (SSSR count). The summed E-state index contributed by atoms with van der Waals surface area (Å²) in [6.45, 7) is 2.03. The van der Waals surface area contributed by atoms with Crippen molar-refractivity contribution in [1.82, 2.24) is 4.90 Å². The van der Waals surface area contributed by atoms with Crippen LogP contribution in [0.1, 0.15) is 17.5 Å². The Kier molecular flexibility index (Phi) is 6.68. The van der Waals surface area contributed by atoms with Crippen LogP contribution >= 0.6 is 27.5 Å². The number of amides is 1. The second-order valence-corrected chi connectivity index (χ2v) is 10.5. The van der Waals surface area contributed by atoms with Gasteiger partial charge in [-0.25, -0.2) is 8.42 Å². The Morgan fingerprint density at radius 1 is 1.29 bits per heavy atom. The molecule has 1 amide bonds. The highest BCUT2D eigenvalue weighted by atomic mass is 79.9. The molecule has 1 fully saturated rings. The first-order valence-corrected chi connectivity index (χ1v) is 11.9. The van der Waals surface area contributed by atoms with Crippen molar-refractivity contribution in [3.05, 3.63) is 63.1 Å². The zero-order valence-electron chi connectivity index (χ0n) is 15.4. The molecule has 2 aromatic carbocycles. The van der Waals surface area contributed by atoms with Gasteiger partial charge in [0.05, 0.1) is 11.5 Å². The lowest BCUT2D eigenvalue weighted by atomic mass is 10.1. The fourth-order valence-electron chi connectivity index (χ4n) is 3.21. The Morgan fingerprint density at radius 3 is 2.71 bits per heavy atom. The maximum atomic E-state index is 12.9. The third kappa shape index (κ3) is 5.49. The molecule has 5 nitrogen and oxygen atoms in total. The van der Waals surface area contributed by atoms with E-state index in [9.17, 15) is 13.2 Å². The number of hydrogen-bond donors (Lipinski definition) is 0. The second kappa shape index (κ2) is 8.84. The Morgan fingerprint density at radius 2 is 2.07 bits per heavy atom. The van der Waals surface area contributed by atoms with E-state index in [0.717, 1.165) is 15.6 Å². The van der Waals surface area contributed by atoms with Gasteiger partial charge in [-0.1, -0.05) is 39.7 Å². The van der Waals surface area contributed by atoms with Gasteiger partial charge in [-0.2, -0.15) is 0 Å². The summed E-state index contributed by atoms with van der Waals surface area (Å²) in [7, 11) is -3.11.